The minimum Gasteiger partial charge on any atom is -0.494 e. The summed E-state index contributed by atoms with van der Waals surface area (Å²) in [5.74, 6) is 0.498. The topological polar surface area (TPSA) is 72.6 Å². The van der Waals surface area contributed by atoms with Gasteiger partial charge >= 0.3 is 0 Å². The molecule has 6 nitrogen and oxygen atoms in total. The molecule has 34 heavy (non-hydrogen) atoms. The van der Waals surface area contributed by atoms with Gasteiger partial charge in [-0.15, -0.1) is 11.3 Å². The van der Waals surface area contributed by atoms with Gasteiger partial charge in [0.1, 0.15) is 11.3 Å². The zero-order valence-corrected chi connectivity index (χ0v) is 20.3. The van der Waals surface area contributed by atoms with Crippen LogP contribution in [0.4, 0.5) is 5.13 Å². The maximum absolute atomic E-state index is 13.6. The Morgan fingerprint density at radius 2 is 1.82 bits per heavy atom. The maximum atomic E-state index is 13.6. The molecule has 0 aliphatic carbocycles. The molecule has 0 spiro atoms. The lowest BCUT2D eigenvalue weighted by Crippen LogP contribution is -2.29. The van der Waals surface area contributed by atoms with Gasteiger partial charge in [-0.2, -0.15) is 0 Å². The predicted octanol–water partition coefficient (Wildman–Crippen LogP) is 6.19. The third kappa shape index (κ3) is 3.80. The van der Waals surface area contributed by atoms with Crippen LogP contribution in [-0.4, -0.2) is 17.5 Å². The van der Waals surface area contributed by atoms with Crippen molar-refractivity contribution >= 4 is 33.3 Å². The number of fused-ring (bicyclic) bond motifs is 2. The minimum absolute atomic E-state index is 0.0825. The van der Waals surface area contributed by atoms with Crippen LogP contribution in [0.3, 0.4) is 0 Å². The van der Waals surface area contributed by atoms with E-state index in [1.165, 1.54) is 11.3 Å². The third-order valence-corrected chi connectivity index (χ3v) is 7.29. The highest BCUT2D eigenvalue weighted by Crippen LogP contribution is 2.43. The highest BCUT2D eigenvalue weighted by molar-refractivity contribution is 7.15. The molecule has 174 valence electrons. The Bertz CT molecular complexity index is 1400. The number of aryl methyl sites for hydroxylation is 2. The summed E-state index contributed by atoms with van der Waals surface area (Å²) in [4.78, 5) is 34.4. The molecule has 0 N–H and O–H groups in total. The van der Waals surface area contributed by atoms with Gasteiger partial charge in [0.25, 0.3) is 5.91 Å². The average Bonchev–Trinajstić information content (AvgIpc) is 3.33. The molecular formula is C27H26N2O4S. The van der Waals surface area contributed by atoms with Crippen molar-refractivity contribution in [1.82, 2.24) is 4.98 Å². The molecule has 7 heteroatoms. The van der Waals surface area contributed by atoms with Gasteiger partial charge < -0.3 is 9.15 Å². The molecule has 0 saturated carbocycles. The summed E-state index contributed by atoms with van der Waals surface area (Å²) in [6.07, 6.45) is 3.28. The monoisotopic (exact) mass is 474 g/mol. The first-order chi connectivity index (χ1) is 16.5. The number of benzene rings is 2. The number of aromatic nitrogens is 1. The number of para-hydroxylation sites is 1. The first kappa shape index (κ1) is 22.3. The van der Waals surface area contributed by atoms with Crippen LogP contribution in [0, 0.1) is 13.8 Å². The van der Waals surface area contributed by atoms with E-state index in [0.717, 1.165) is 41.1 Å². The summed E-state index contributed by atoms with van der Waals surface area (Å²) in [5.41, 5.74) is 2.24. The van der Waals surface area contributed by atoms with Gasteiger partial charge in [0, 0.05) is 4.88 Å². The molecule has 3 heterocycles. The maximum Gasteiger partial charge on any atom is 0.297 e. The van der Waals surface area contributed by atoms with Crippen LogP contribution in [0.15, 0.2) is 57.7 Å². The second-order valence-corrected chi connectivity index (χ2v) is 9.69. The van der Waals surface area contributed by atoms with Crippen molar-refractivity contribution < 1.29 is 13.9 Å². The van der Waals surface area contributed by atoms with Crippen LogP contribution >= 0.6 is 11.3 Å². The van der Waals surface area contributed by atoms with E-state index in [1.54, 1.807) is 29.2 Å². The van der Waals surface area contributed by atoms with Gasteiger partial charge in [-0.3, -0.25) is 14.5 Å². The number of ether oxygens (including phenoxy) is 1. The van der Waals surface area contributed by atoms with Crippen LogP contribution in [-0.2, 0) is 0 Å². The Hall–Kier alpha value is -3.45. The molecule has 0 unspecified atom stereocenters. The van der Waals surface area contributed by atoms with Gasteiger partial charge in [0.2, 0.25) is 5.76 Å². The molecule has 0 saturated heterocycles. The normalized spacial score (nSPS) is 15.2. The van der Waals surface area contributed by atoms with E-state index in [4.69, 9.17) is 9.15 Å². The van der Waals surface area contributed by atoms with E-state index >= 15 is 0 Å². The molecule has 2 aromatic heterocycles. The van der Waals surface area contributed by atoms with Crippen molar-refractivity contribution in [3.05, 3.63) is 86.2 Å². The number of carbonyl (C=O) groups is 1. The number of hydrogen-bond acceptors (Lipinski definition) is 6. The zero-order chi connectivity index (χ0) is 23.8. The van der Waals surface area contributed by atoms with E-state index < -0.39 is 6.04 Å². The fourth-order valence-electron chi connectivity index (χ4n) is 4.28. The minimum atomic E-state index is -0.623. The van der Waals surface area contributed by atoms with Crippen molar-refractivity contribution in [2.75, 3.05) is 11.5 Å². The second-order valence-electron chi connectivity index (χ2n) is 8.51. The lowest BCUT2D eigenvalue weighted by molar-refractivity contribution is 0.0971. The highest BCUT2D eigenvalue weighted by Gasteiger charge is 2.45. The Kier molecular flexibility index (Phi) is 5.96. The zero-order valence-electron chi connectivity index (χ0n) is 19.5. The largest absolute Gasteiger partial charge is 0.494 e. The number of carbonyl (C=O) groups excluding carboxylic acids is 1. The molecule has 1 amide bonds. The lowest BCUT2D eigenvalue weighted by atomic mass is 9.98. The Labute approximate surface area is 201 Å². The molecule has 2 aromatic carbocycles. The third-order valence-electron chi connectivity index (χ3n) is 6.21. The molecule has 5 rings (SSSR count). The van der Waals surface area contributed by atoms with Crippen molar-refractivity contribution in [3.63, 3.8) is 0 Å². The SMILES string of the molecule is CCCCCOc1ccc([C@H]2c3c(oc4ccccc4c3=O)C(=O)N2c2nc(C)c(C)s2)cc1. The number of hydrogen-bond donors (Lipinski definition) is 0. The fraction of sp³-hybridized carbons (Fsp3) is 0.296. The average molecular weight is 475 g/mol. The van der Waals surface area contributed by atoms with Crippen LogP contribution in [0.1, 0.15) is 64.5 Å². The van der Waals surface area contributed by atoms with E-state index in [2.05, 4.69) is 11.9 Å². The number of unbranched alkanes of at least 4 members (excludes halogenated alkanes) is 2. The van der Waals surface area contributed by atoms with Gasteiger partial charge in [0.15, 0.2) is 10.6 Å². The molecular weight excluding hydrogens is 448 g/mol. The van der Waals surface area contributed by atoms with Crippen molar-refractivity contribution in [2.45, 2.75) is 46.1 Å². The van der Waals surface area contributed by atoms with Gasteiger partial charge in [-0.1, -0.05) is 44.0 Å². The molecule has 4 aromatic rings. The highest BCUT2D eigenvalue weighted by atomic mass is 32.1. The summed E-state index contributed by atoms with van der Waals surface area (Å²) in [6.45, 7) is 6.71. The van der Waals surface area contributed by atoms with Crippen LogP contribution < -0.4 is 15.1 Å². The summed E-state index contributed by atoms with van der Waals surface area (Å²) < 4.78 is 11.9. The smallest absolute Gasteiger partial charge is 0.297 e. The van der Waals surface area contributed by atoms with Crippen LogP contribution in [0.25, 0.3) is 11.0 Å². The first-order valence-corrected chi connectivity index (χ1v) is 12.4. The first-order valence-electron chi connectivity index (χ1n) is 11.6. The van der Waals surface area contributed by atoms with Gasteiger partial charge in [-0.25, -0.2) is 4.98 Å². The summed E-state index contributed by atoms with van der Waals surface area (Å²) in [6, 6.07) is 14.0. The fourth-order valence-corrected chi connectivity index (χ4v) is 5.22. The molecule has 0 fully saturated rings. The number of anilines is 1. The van der Waals surface area contributed by atoms with E-state index in [9.17, 15) is 9.59 Å². The van der Waals surface area contributed by atoms with Crippen molar-refractivity contribution in [3.8, 4) is 5.75 Å². The van der Waals surface area contributed by atoms with Gasteiger partial charge in [-0.05, 0) is 50.1 Å². The second kappa shape index (κ2) is 9.06. The van der Waals surface area contributed by atoms with E-state index in [1.807, 2.05) is 38.1 Å². The summed E-state index contributed by atoms with van der Waals surface area (Å²) >= 11 is 1.44. The van der Waals surface area contributed by atoms with E-state index in [-0.39, 0.29) is 17.1 Å². The quantitative estimate of drug-likeness (QED) is 0.299. The van der Waals surface area contributed by atoms with Crippen LogP contribution in [0.5, 0.6) is 5.75 Å². The van der Waals surface area contributed by atoms with E-state index in [0.29, 0.717) is 28.3 Å². The lowest BCUT2D eigenvalue weighted by Gasteiger charge is -2.22. The number of nitrogens with zero attached hydrogens (tertiary/aromatic N) is 2. The standard InChI is InChI=1S/C27H26N2O4S/c1-4-5-8-15-32-19-13-11-18(12-14-19)23-22-24(30)20-9-6-7-10-21(20)33-25(22)26(31)29(23)27-28-16(2)17(3)34-27/h6-7,9-14,23H,4-5,8,15H2,1-3H3/t23-/m0/s1. The summed E-state index contributed by atoms with van der Waals surface area (Å²) in [5, 5.41) is 1.02. The molecule has 1 aliphatic heterocycles. The molecule has 0 radical (unpaired) electrons. The number of amides is 1. The number of rotatable bonds is 7. The molecule has 0 bridgehead atoms. The molecule has 1 aliphatic rings. The van der Waals surface area contributed by atoms with Gasteiger partial charge in [0.05, 0.1) is 29.3 Å². The number of thiazole rings is 1. The Morgan fingerprint density at radius 3 is 2.53 bits per heavy atom. The van der Waals surface area contributed by atoms with Crippen molar-refractivity contribution in [1.29, 1.82) is 0 Å². The Balaban J connectivity index is 1.61. The molecule has 1 atom stereocenters. The summed E-state index contributed by atoms with van der Waals surface area (Å²) in [7, 11) is 0. The van der Waals surface area contributed by atoms with Crippen LogP contribution in [0.2, 0.25) is 0 Å². The predicted molar refractivity (Wildman–Crippen MR) is 134 cm³/mol. The Morgan fingerprint density at radius 1 is 1.06 bits per heavy atom. The van der Waals surface area contributed by atoms with Crippen molar-refractivity contribution in [2.24, 2.45) is 0 Å².